The van der Waals surface area contributed by atoms with Crippen molar-refractivity contribution >= 4 is 26.7 Å². The molecule has 0 aliphatic rings. The third-order valence-corrected chi connectivity index (χ3v) is 3.90. The van der Waals surface area contributed by atoms with Gasteiger partial charge in [0.05, 0.1) is 4.47 Å². The van der Waals surface area contributed by atoms with Gasteiger partial charge in [-0.3, -0.25) is 4.98 Å². The van der Waals surface area contributed by atoms with E-state index in [9.17, 15) is 9.50 Å². The molecule has 0 fully saturated rings. The number of hydrogen-bond donors (Lipinski definition) is 1. The first-order valence-corrected chi connectivity index (χ1v) is 6.92. The minimum Gasteiger partial charge on any atom is -0.384 e. The summed E-state index contributed by atoms with van der Waals surface area (Å²) in [6.07, 6.45) is 2.35. The van der Waals surface area contributed by atoms with Crippen molar-refractivity contribution in [1.29, 1.82) is 0 Å². The van der Waals surface area contributed by atoms with Crippen LogP contribution in [0.15, 0.2) is 59.3 Å². The summed E-state index contributed by atoms with van der Waals surface area (Å²) >= 11 is 3.14. The molecule has 0 amide bonds. The van der Waals surface area contributed by atoms with Gasteiger partial charge >= 0.3 is 0 Å². The van der Waals surface area contributed by atoms with Crippen LogP contribution in [-0.2, 0) is 0 Å². The van der Waals surface area contributed by atoms with E-state index in [4.69, 9.17) is 0 Å². The number of aliphatic hydroxyl groups is 1. The van der Waals surface area contributed by atoms with Crippen molar-refractivity contribution in [2.45, 2.75) is 6.10 Å². The molecule has 1 heterocycles. The van der Waals surface area contributed by atoms with Crippen molar-refractivity contribution < 1.29 is 9.50 Å². The highest BCUT2D eigenvalue weighted by Crippen LogP contribution is 2.31. The summed E-state index contributed by atoms with van der Waals surface area (Å²) in [6, 6.07) is 12.3. The van der Waals surface area contributed by atoms with Crippen LogP contribution in [0, 0.1) is 5.82 Å². The quantitative estimate of drug-likeness (QED) is 0.762. The predicted octanol–water partition coefficient (Wildman–Crippen LogP) is 4.22. The number of halogens is 2. The van der Waals surface area contributed by atoms with Crippen molar-refractivity contribution in [3.63, 3.8) is 0 Å². The van der Waals surface area contributed by atoms with Crippen LogP contribution in [0.1, 0.15) is 17.2 Å². The second kappa shape index (κ2) is 5.31. The summed E-state index contributed by atoms with van der Waals surface area (Å²) < 4.78 is 14.5. The molecule has 0 saturated heterocycles. The molecule has 20 heavy (non-hydrogen) atoms. The van der Waals surface area contributed by atoms with Crippen molar-refractivity contribution in [3.05, 3.63) is 76.3 Å². The van der Waals surface area contributed by atoms with Gasteiger partial charge in [-0.05, 0) is 39.0 Å². The first-order chi connectivity index (χ1) is 9.68. The van der Waals surface area contributed by atoms with Gasteiger partial charge in [-0.1, -0.05) is 30.3 Å². The molecule has 0 radical (unpaired) electrons. The van der Waals surface area contributed by atoms with E-state index < -0.39 is 11.9 Å². The summed E-state index contributed by atoms with van der Waals surface area (Å²) in [4.78, 5) is 4.08. The molecule has 2 aromatic carbocycles. The number of aromatic nitrogens is 1. The SMILES string of the molecule is OC(c1cccc(Br)c1F)c1cccc2ccncc12. The summed E-state index contributed by atoms with van der Waals surface area (Å²) in [6.45, 7) is 0. The summed E-state index contributed by atoms with van der Waals surface area (Å²) in [5.74, 6) is -0.444. The standard InChI is InChI=1S/C16H11BrFNO/c17-14-6-2-5-12(15(14)18)16(20)11-4-1-3-10-7-8-19-9-13(10)11/h1-9,16,20H. The molecule has 1 aromatic heterocycles. The molecule has 1 atom stereocenters. The average Bonchev–Trinajstić information content (AvgIpc) is 2.49. The Labute approximate surface area is 124 Å². The number of fused-ring (bicyclic) bond motifs is 1. The Morgan fingerprint density at radius 1 is 1.05 bits per heavy atom. The number of rotatable bonds is 2. The van der Waals surface area contributed by atoms with E-state index in [1.807, 2.05) is 18.2 Å². The van der Waals surface area contributed by atoms with Gasteiger partial charge in [0.25, 0.3) is 0 Å². The maximum atomic E-state index is 14.1. The minimum atomic E-state index is -1.03. The second-order valence-corrected chi connectivity index (χ2v) is 5.34. The van der Waals surface area contributed by atoms with Crippen molar-refractivity contribution in [2.75, 3.05) is 0 Å². The lowest BCUT2D eigenvalue weighted by Crippen LogP contribution is -2.04. The van der Waals surface area contributed by atoms with Gasteiger partial charge in [0, 0.05) is 23.3 Å². The van der Waals surface area contributed by atoms with Gasteiger partial charge in [0.15, 0.2) is 0 Å². The highest BCUT2D eigenvalue weighted by Gasteiger charge is 2.18. The number of benzene rings is 2. The zero-order valence-corrected chi connectivity index (χ0v) is 12.0. The van der Waals surface area contributed by atoms with Crippen LogP contribution in [0.25, 0.3) is 10.8 Å². The van der Waals surface area contributed by atoms with Crippen molar-refractivity contribution in [2.24, 2.45) is 0 Å². The van der Waals surface area contributed by atoms with Crippen LogP contribution < -0.4 is 0 Å². The summed E-state index contributed by atoms with van der Waals surface area (Å²) in [5.41, 5.74) is 0.892. The van der Waals surface area contributed by atoms with Crippen LogP contribution in [0.3, 0.4) is 0 Å². The maximum absolute atomic E-state index is 14.1. The number of hydrogen-bond acceptors (Lipinski definition) is 2. The van der Waals surface area contributed by atoms with E-state index in [0.29, 0.717) is 10.0 Å². The van der Waals surface area contributed by atoms with E-state index in [1.54, 1.807) is 36.7 Å². The van der Waals surface area contributed by atoms with E-state index in [-0.39, 0.29) is 5.56 Å². The third kappa shape index (κ3) is 2.21. The Morgan fingerprint density at radius 2 is 1.80 bits per heavy atom. The molecule has 1 N–H and O–H groups in total. The molecule has 0 aliphatic heterocycles. The zero-order valence-electron chi connectivity index (χ0n) is 10.4. The Bertz CT molecular complexity index is 770. The fourth-order valence-corrected chi connectivity index (χ4v) is 2.66. The van der Waals surface area contributed by atoms with E-state index in [1.165, 1.54) is 0 Å². The van der Waals surface area contributed by atoms with Gasteiger partial charge in [-0.25, -0.2) is 4.39 Å². The first kappa shape index (κ1) is 13.2. The highest BCUT2D eigenvalue weighted by atomic mass is 79.9. The Hall–Kier alpha value is -1.78. The summed E-state index contributed by atoms with van der Waals surface area (Å²) in [7, 11) is 0. The first-order valence-electron chi connectivity index (χ1n) is 6.13. The predicted molar refractivity (Wildman–Crippen MR) is 79.9 cm³/mol. The van der Waals surface area contributed by atoms with Gasteiger partial charge in [0.1, 0.15) is 11.9 Å². The minimum absolute atomic E-state index is 0.246. The second-order valence-electron chi connectivity index (χ2n) is 4.49. The van der Waals surface area contributed by atoms with Crippen LogP contribution in [0.4, 0.5) is 4.39 Å². The molecule has 2 nitrogen and oxygen atoms in total. The van der Waals surface area contributed by atoms with Crippen LogP contribution in [0.2, 0.25) is 0 Å². The Morgan fingerprint density at radius 3 is 2.65 bits per heavy atom. The lowest BCUT2D eigenvalue weighted by atomic mass is 9.97. The molecule has 100 valence electrons. The number of pyridine rings is 1. The van der Waals surface area contributed by atoms with Crippen LogP contribution >= 0.6 is 15.9 Å². The number of nitrogens with zero attached hydrogens (tertiary/aromatic N) is 1. The molecular formula is C16H11BrFNO. The van der Waals surface area contributed by atoms with Crippen molar-refractivity contribution in [1.82, 2.24) is 4.98 Å². The van der Waals surface area contributed by atoms with Gasteiger partial charge in [0.2, 0.25) is 0 Å². The normalized spacial score (nSPS) is 12.6. The monoisotopic (exact) mass is 331 g/mol. The molecule has 4 heteroatoms. The summed E-state index contributed by atoms with van der Waals surface area (Å²) in [5, 5.41) is 12.3. The largest absolute Gasteiger partial charge is 0.384 e. The van der Waals surface area contributed by atoms with Gasteiger partial charge < -0.3 is 5.11 Å². The molecule has 0 bridgehead atoms. The lowest BCUT2D eigenvalue weighted by molar-refractivity contribution is 0.216. The smallest absolute Gasteiger partial charge is 0.143 e. The van der Waals surface area contributed by atoms with Crippen molar-refractivity contribution in [3.8, 4) is 0 Å². The third-order valence-electron chi connectivity index (χ3n) is 3.29. The van der Waals surface area contributed by atoms with Crippen LogP contribution in [0.5, 0.6) is 0 Å². The highest BCUT2D eigenvalue weighted by molar-refractivity contribution is 9.10. The van der Waals surface area contributed by atoms with Gasteiger partial charge in [-0.2, -0.15) is 0 Å². The molecule has 0 aliphatic carbocycles. The van der Waals surface area contributed by atoms with Gasteiger partial charge in [-0.15, -0.1) is 0 Å². The molecule has 1 unspecified atom stereocenters. The van der Waals surface area contributed by atoms with E-state index >= 15 is 0 Å². The molecule has 3 aromatic rings. The number of aliphatic hydroxyl groups excluding tert-OH is 1. The van der Waals surface area contributed by atoms with E-state index in [2.05, 4.69) is 20.9 Å². The zero-order chi connectivity index (χ0) is 14.1. The lowest BCUT2D eigenvalue weighted by Gasteiger charge is -2.15. The van der Waals surface area contributed by atoms with E-state index in [0.717, 1.165) is 10.8 Å². The topological polar surface area (TPSA) is 33.1 Å². The molecule has 0 spiro atoms. The average molecular weight is 332 g/mol. The fraction of sp³-hybridized carbons (Fsp3) is 0.0625. The molecular weight excluding hydrogens is 321 g/mol. The molecule has 3 rings (SSSR count). The fourth-order valence-electron chi connectivity index (χ4n) is 2.27. The molecule has 0 saturated carbocycles. The Balaban J connectivity index is 2.18. The maximum Gasteiger partial charge on any atom is 0.143 e. The Kier molecular flexibility index (Phi) is 3.51. The van der Waals surface area contributed by atoms with Crippen LogP contribution in [-0.4, -0.2) is 10.1 Å².